The maximum atomic E-state index is 15.6. The number of amidine groups is 1. The average Bonchev–Trinajstić information content (AvgIpc) is 3.92. The van der Waals surface area contributed by atoms with E-state index in [1.807, 2.05) is 60.7 Å². The Kier molecular flexibility index (Phi) is 9.09. The molecule has 4 nitrogen and oxygen atoms in total. The monoisotopic (exact) mass is 836 g/mol. The van der Waals surface area contributed by atoms with Crippen LogP contribution >= 0.6 is 0 Å². The molecule has 12 rings (SSSR count). The summed E-state index contributed by atoms with van der Waals surface area (Å²) >= 11 is 0. The van der Waals surface area contributed by atoms with Crippen LogP contribution < -0.4 is 10.2 Å². The normalized spacial score (nSPS) is 15.0. The Balaban J connectivity index is 0.897. The van der Waals surface area contributed by atoms with Crippen LogP contribution in [0.15, 0.2) is 236 Å². The maximum Gasteiger partial charge on any atom is 0.147 e. The fourth-order valence-corrected chi connectivity index (χ4v) is 10.3. The van der Waals surface area contributed by atoms with E-state index in [-0.39, 0.29) is 5.82 Å². The predicted octanol–water partition coefficient (Wildman–Crippen LogP) is 14.1. The first-order valence-corrected chi connectivity index (χ1v) is 22.0. The van der Waals surface area contributed by atoms with E-state index in [4.69, 9.17) is 10.4 Å². The molecule has 2 heterocycles. The van der Waals surface area contributed by atoms with Crippen LogP contribution in [0.1, 0.15) is 38.9 Å². The van der Waals surface area contributed by atoms with Crippen molar-refractivity contribution in [2.75, 3.05) is 4.90 Å². The van der Waals surface area contributed by atoms with E-state index in [1.165, 1.54) is 0 Å². The lowest BCUT2D eigenvalue weighted by atomic mass is 9.64. The lowest BCUT2D eigenvalue weighted by molar-refractivity contribution is 0.621. The molecule has 9 aromatic carbocycles. The molecule has 65 heavy (non-hydrogen) atoms. The van der Waals surface area contributed by atoms with E-state index in [0.29, 0.717) is 5.84 Å². The van der Waals surface area contributed by atoms with E-state index in [1.54, 1.807) is 12.1 Å². The molecule has 0 saturated heterocycles. The average molecular weight is 837 g/mol. The van der Waals surface area contributed by atoms with Crippen molar-refractivity contribution in [2.45, 2.75) is 11.6 Å². The third-order valence-corrected chi connectivity index (χ3v) is 13.2. The highest BCUT2D eigenvalue weighted by Gasteiger charge is 2.52. The summed E-state index contributed by atoms with van der Waals surface area (Å²) in [5, 5.41) is 12.6. The van der Waals surface area contributed by atoms with Crippen molar-refractivity contribution in [3.05, 3.63) is 275 Å². The summed E-state index contributed by atoms with van der Waals surface area (Å²) in [5.41, 5.74) is 18.0. The van der Waals surface area contributed by atoms with Gasteiger partial charge in [-0.3, -0.25) is 10.4 Å². The molecule has 1 unspecified atom stereocenters. The molecule has 2 aliphatic heterocycles. The van der Waals surface area contributed by atoms with E-state index in [9.17, 15) is 0 Å². The first-order chi connectivity index (χ1) is 32.0. The summed E-state index contributed by atoms with van der Waals surface area (Å²) in [7, 11) is 0. The van der Waals surface area contributed by atoms with Crippen LogP contribution in [-0.4, -0.2) is 17.7 Å². The molecule has 0 bridgehead atoms. The molecular weight excluding hydrogens is 796 g/mol. The number of allylic oxidation sites excluding steroid dienone is 1. The zero-order chi connectivity index (χ0) is 43.5. The van der Waals surface area contributed by atoms with Crippen molar-refractivity contribution in [2.24, 2.45) is 4.99 Å². The predicted molar refractivity (Wildman–Crippen MR) is 264 cm³/mol. The topological polar surface area (TPSA) is 51.5 Å². The van der Waals surface area contributed by atoms with Gasteiger partial charge in [0.05, 0.1) is 22.5 Å². The Morgan fingerprint density at radius 2 is 1.00 bits per heavy atom. The number of benzene rings is 9. The smallest absolute Gasteiger partial charge is 0.147 e. The highest BCUT2D eigenvalue weighted by atomic mass is 19.1. The van der Waals surface area contributed by atoms with E-state index in [0.717, 1.165) is 101 Å². The minimum Gasteiger partial charge on any atom is -0.345 e. The molecular formula is C60H41FN4. The Labute approximate surface area is 377 Å². The van der Waals surface area contributed by atoms with Gasteiger partial charge in [0, 0.05) is 16.8 Å². The van der Waals surface area contributed by atoms with Crippen LogP contribution in [0.2, 0.25) is 0 Å². The van der Waals surface area contributed by atoms with Gasteiger partial charge in [-0.1, -0.05) is 176 Å². The number of anilines is 3. The molecule has 5 heteroatoms. The Morgan fingerprint density at radius 3 is 1.68 bits per heavy atom. The molecule has 0 fully saturated rings. The van der Waals surface area contributed by atoms with Crippen molar-refractivity contribution in [3.63, 3.8) is 0 Å². The number of hydrogen-bond donors (Lipinski definition) is 2. The number of aliphatic imine (C=N–C) groups is 1. The number of nitrogens with one attached hydrogen (secondary N) is 2. The van der Waals surface area contributed by atoms with Crippen molar-refractivity contribution in [1.29, 1.82) is 5.41 Å². The van der Waals surface area contributed by atoms with Crippen LogP contribution in [0.5, 0.6) is 0 Å². The first kappa shape index (κ1) is 38.3. The Bertz CT molecular complexity index is 3330. The first-order valence-electron chi connectivity index (χ1n) is 22.0. The summed E-state index contributed by atoms with van der Waals surface area (Å²) in [6.45, 7) is 0. The molecule has 1 aliphatic carbocycles. The quantitative estimate of drug-likeness (QED) is 0.124. The summed E-state index contributed by atoms with van der Waals surface area (Å²) in [6, 6.07) is 77.0. The third-order valence-electron chi connectivity index (χ3n) is 13.2. The van der Waals surface area contributed by atoms with Crippen molar-refractivity contribution in [3.8, 4) is 33.4 Å². The number of nitrogens with zero attached hydrogens (tertiary/aromatic N) is 2. The highest BCUT2D eigenvalue weighted by Crippen LogP contribution is 2.63. The second-order valence-corrected chi connectivity index (χ2v) is 16.8. The number of hydrogen-bond acceptors (Lipinski definition) is 3. The minimum absolute atomic E-state index is 0.251. The second kappa shape index (κ2) is 15.4. The van der Waals surface area contributed by atoms with Gasteiger partial charge in [-0.15, -0.1) is 0 Å². The van der Waals surface area contributed by atoms with E-state index < -0.39 is 11.6 Å². The van der Waals surface area contributed by atoms with Crippen LogP contribution in [0, 0.1) is 11.2 Å². The fourth-order valence-electron chi connectivity index (χ4n) is 10.3. The SMILES string of the molecule is N=C(NC1N=C(c2ccccc2)C=C1c1ccccc1)c1ccc(-c2cccc(-c3ccc4c(c3)C3(c5cc(F)ccc5-4)c4ccccc4N(c4ccccc4)c4ccccc43)c2)cc1. The molecule has 0 amide bonds. The van der Waals surface area contributed by atoms with Gasteiger partial charge >= 0.3 is 0 Å². The second-order valence-electron chi connectivity index (χ2n) is 16.8. The van der Waals surface area contributed by atoms with E-state index >= 15 is 4.39 Å². The minimum atomic E-state index is -0.766. The fraction of sp³-hybridized carbons (Fsp3) is 0.0333. The lowest BCUT2D eigenvalue weighted by Crippen LogP contribution is -2.36. The Morgan fingerprint density at radius 1 is 0.477 bits per heavy atom. The summed E-state index contributed by atoms with van der Waals surface area (Å²) < 4.78 is 15.6. The molecule has 9 aromatic rings. The lowest BCUT2D eigenvalue weighted by Gasteiger charge is -2.45. The molecule has 1 atom stereocenters. The largest absolute Gasteiger partial charge is 0.345 e. The van der Waals surface area contributed by atoms with Crippen LogP contribution in [0.4, 0.5) is 21.5 Å². The van der Waals surface area contributed by atoms with Crippen LogP contribution in [0.3, 0.4) is 0 Å². The van der Waals surface area contributed by atoms with Crippen molar-refractivity contribution in [1.82, 2.24) is 5.32 Å². The van der Waals surface area contributed by atoms with Crippen molar-refractivity contribution >= 4 is 34.2 Å². The molecule has 0 aromatic heterocycles. The summed E-state index contributed by atoms with van der Waals surface area (Å²) in [5.74, 6) is 0.0557. The molecule has 0 radical (unpaired) electrons. The molecule has 3 aliphatic rings. The molecule has 308 valence electrons. The van der Waals surface area contributed by atoms with Gasteiger partial charge in [0.2, 0.25) is 0 Å². The zero-order valence-corrected chi connectivity index (χ0v) is 35.3. The standard InChI is InChI=1S/C60H41FN4/c61-46-32-34-49-48-33-31-45(36-53(48)60(54(49)37-46)51-23-10-12-25-56(51)65(47-21-8-3-9-22-47)57-26-13-11-24-52(57)60)44-20-14-19-43(35-44)39-27-29-42(30-28-39)58(62)64-59-50(40-15-4-1-5-16-40)38-55(63-59)41-17-6-2-7-18-41/h1-38,59H,(H2,62,64). The van der Waals surface area contributed by atoms with Gasteiger partial charge in [0.1, 0.15) is 17.8 Å². The summed E-state index contributed by atoms with van der Waals surface area (Å²) in [6.07, 6.45) is 1.73. The van der Waals surface area contributed by atoms with Crippen LogP contribution in [-0.2, 0) is 5.41 Å². The third kappa shape index (κ3) is 6.27. The van der Waals surface area contributed by atoms with Crippen LogP contribution in [0.25, 0.3) is 39.0 Å². The zero-order valence-electron chi connectivity index (χ0n) is 35.3. The summed E-state index contributed by atoms with van der Waals surface area (Å²) in [4.78, 5) is 7.38. The highest BCUT2D eigenvalue weighted by molar-refractivity contribution is 6.16. The number of halogens is 1. The molecule has 1 spiro atoms. The van der Waals surface area contributed by atoms with Gasteiger partial charge in [0.25, 0.3) is 0 Å². The van der Waals surface area contributed by atoms with Crippen molar-refractivity contribution < 1.29 is 4.39 Å². The van der Waals surface area contributed by atoms with Gasteiger partial charge in [-0.2, -0.15) is 0 Å². The number of para-hydroxylation sites is 3. The van der Waals surface area contributed by atoms with Gasteiger partial charge in [-0.05, 0) is 121 Å². The van der Waals surface area contributed by atoms with Gasteiger partial charge < -0.3 is 10.2 Å². The van der Waals surface area contributed by atoms with Gasteiger partial charge in [-0.25, -0.2) is 4.39 Å². The van der Waals surface area contributed by atoms with E-state index in [2.05, 4.69) is 168 Å². The molecule has 0 saturated carbocycles. The maximum absolute atomic E-state index is 15.6. The number of rotatable bonds is 7. The molecule has 2 N–H and O–H groups in total. The number of fused-ring (bicyclic) bond motifs is 9. The van der Waals surface area contributed by atoms with Gasteiger partial charge in [0.15, 0.2) is 0 Å². The Hall–Kier alpha value is -8.41.